The minimum absolute atomic E-state index is 0.221. The van der Waals surface area contributed by atoms with Crippen molar-refractivity contribution in [3.63, 3.8) is 0 Å². The van der Waals surface area contributed by atoms with Crippen molar-refractivity contribution in [3.8, 4) is 11.9 Å². The molecule has 0 aliphatic rings. The lowest BCUT2D eigenvalue weighted by Crippen LogP contribution is -2.05. The number of hydrogen-bond acceptors (Lipinski definition) is 4. The third kappa shape index (κ3) is 4.04. The highest BCUT2D eigenvalue weighted by Crippen LogP contribution is 2.24. The molecule has 1 aromatic carbocycles. The minimum atomic E-state index is 0.221. The monoisotopic (exact) mass is 282 g/mol. The first-order chi connectivity index (χ1) is 10.2. The minimum Gasteiger partial charge on any atom is -0.475 e. The van der Waals surface area contributed by atoms with E-state index in [1.807, 2.05) is 42.6 Å². The number of methoxy groups -OCH3 is 1. The molecule has 0 saturated heterocycles. The molecule has 21 heavy (non-hydrogen) atoms. The summed E-state index contributed by atoms with van der Waals surface area (Å²) in [5.74, 6) is 0.820. The molecule has 0 radical (unpaired) electrons. The van der Waals surface area contributed by atoms with Crippen molar-refractivity contribution in [2.45, 2.75) is 12.8 Å². The number of rotatable bonds is 6. The average Bonchev–Trinajstić information content (AvgIpc) is 2.55. The molecule has 4 heteroatoms. The fraction of sp³-hybridized carbons (Fsp3) is 0.294. The maximum absolute atomic E-state index is 8.82. The van der Waals surface area contributed by atoms with E-state index in [1.54, 1.807) is 7.11 Å². The van der Waals surface area contributed by atoms with Crippen LogP contribution in [0.5, 0.6) is 5.88 Å². The Morgan fingerprint density at radius 2 is 1.81 bits per heavy atom. The van der Waals surface area contributed by atoms with Gasteiger partial charge in [0, 0.05) is 25.3 Å². The second-order valence-corrected chi connectivity index (χ2v) is 4.73. The van der Waals surface area contributed by atoms with Gasteiger partial charge in [0.15, 0.2) is 0 Å². The van der Waals surface area contributed by atoms with Crippen LogP contribution in [0, 0.1) is 11.3 Å². The van der Waals surface area contributed by atoms with Gasteiger partial charge in [-0.25, -0.2) is 4.98 Å². The summed E-state index contributed by atoms with van der Waals surface area (Å²) in [5.41, 5.74) is 2.94. The number of aromatic nitrogens is 1. The largest absolute Gasteiger partial charge is 0.475 e. The molecule has 0 aliphatic heterocycles. The molecule has 0 bridgehead atoms. The highest BCUT2D eigenvalue weighted by Gasteiger charge is 2.09. The SMILES string of the molecule is COCCOc1ccc(C(C)c2ccc(C#N)cc2)cn1. The Bertz CT molecular complexity index is 600. The van der Waals surface area contributed by atoms with Gasteiger partial charge >= 0.3 is 0 Å². The number of nitriles is 1. The summed E-state index contributed by atoms with van der Waals surface area (Å²) >= 11 is 0. The Hall–Kier alpha value is -2.38. The zero-order valence-corrected chi connectivity index (χ0v) is 12.2. The lowest BCUT2D eigenvalue weighted by Gasteiger charge is -2.13. The molecule has 0 amide bonds. The summed E-state index contributed by atoms with van der Waals surface area (Å²) in [5, 5.41) is 8.82. The standard InChI is InChI=1S/C17H18N2O2/c1-13(15-5-3-14(11-18)4-6-15)16-7-8-17(19-12-16)21-10-9-20-2/h3-8,12-13H,9-10H2,1-2H3. The molecule has 2 aromatic rings. The van der Waals surface area contributed by atoms with Gasteiger partial charge in [-0.05, 0) is 23.3 Å². The van der Waals surface area contributed by atoms with Gasteiger partial charge in [-0.3, -0.25) is 0 Å². The van der Waals surface area contributed by atoms with Gasteiger partial charge in [-0.2, -0.15) is 5.26 Å². The lowest BCUT2D eigenvalue weighted by atomic mass is 9.94. The van der Waals surface area contributed by atoms with E-state index in [0.29, 0.717) is 24.7 Å². The van der Waals surface area contributed by atoms with Crippen LogP contribution in [0.2, 0.25) is 0 Å². The Morgan fingerprint density at radius 1 is 1.10 bits per heavy atom. The van der Waals surface area contributed by atoms with Crippen molar-refractivity contribution in [3.05, 3.63) is 59.3 Å². The Labute approximate surface area is 125 Å². The van der Waals surface area contributed by atoms with Crippen LogP contribution in [-0.4, -0.2) is 25.3 Å². The van der Waals surface area contributed by atoms with Crippen molar-refractivity contribution in [2.75, 3.05) is 20.3 Å². The van der Waals surface area contributed by atoms with Crippen LogP contribution in [-0.2, 0) is 4.74 Å². The molecule has 0 aliphatic carbocycles. The van der Waals surface area contributed by atoms with Crippen molar-refractivity contribution in [1.82, 2.24) is 4.98 Å². The Balaban J connectivity index is 2.05. The van der Waals surface area contributed by atoms with E-state index in [-0.39, 0.29) is 5.92 Å². The molecule has 1 aromatic heterocycles. The lowest BCUT2D eigenvalue weighted by molar-refractivity contribution is 0.143. The third-order valence-electron chi connectivity index (χ3n) is 3.34. The van der Waals surface area contributed by atoms with E-state index in [9.17, 15) is 0 Å². The summed E-state index contributed by atoms with van der Waals surface area (Å²) in [7, 11) is 1.64. The quantitative estimate of drug-likeness (QED) is 0.764. The van der Waals surface area contributed by atoms with E-state index in [4.69, 9.17) is 14.7 Å². The summed E-state index contributed by atoms with van der Waals surface area (Å²) in [4.78, 5) is 4.30. The first kappa shape index (κ1) is 15.0. The topological polar surface area (TPSA) is 55.1 Å². The number of benzene rings is 1. The Kier molecular flexibility index (Phi) is 5.30. The first-order valence-corrected chi connectivity index (χ1v) is 6.82. The first-order valence-electron chi connectivity index (χ1n) is 6.82. The normalized spacial score (nSPS) is 11.7. The second-order valence-electron chi connectivity index (χ2n) is 4.73. The molecule has 1 heterocycles. The molecule has 0 fully saturated rings. The van der Waals surface area contributed by atoms with Crippen molar-refractivity contribution >= 4 is 0 Å². The third-order valence-corrected chi connectivity index (χ3v) is 3.34. The summed E-state index contributed by atoms with van der Waals surface area (Å²) in [6, 6.07) is 13.6. The van der Waals surface area contributed by atoms with Gasteiger partial charge < -0.3 is 9.47 Å². The molecule has 108 valence electrons. The predicted molar refractivity (Wildman–Crippen MR) is 80.3 cm³/mol. The summed E-state index contributed by atoms with van der Waals surface area (Å²) in [6.07, 6.45) is 1.82. The van der Waals surface area contributed by atoms with Gasteiger partial charge in [-0.1, -0.05) is 25.1 Å². The van der Waals surface area contributed by atoms with Gasteiger partial charge in [0.2, 0.25) is 5.88 Å². The zero-order valence-electron chi connectivity index (χ0n) is 12.2. The number of hydrogen-bond donors (Lipinski definition) is 0. The highest BCUT2D eigenvalue weighted by molar-refractivity contribution is 5.37. The predicted octanol–water partition coefficient (Wildman–Crippen LogP) is 3.13. The van der Waals surface area contributed by atoms with E-state index >= 15 is 0 Å². The van der Waals surface area contributed by atoms with Gasteiger partial charge in [0.1, 0.15) is 6.61 Å². The second kappa shape index (κ2) is 7.41. The van der Waals surface area contributed by atoms with Gasteiger partial charge in [0.05, 0.1) is 18.2 Å². The fourth-order valence-electron chi connectivity index (χ4n) is 2.00. The molecule has 0 spiro atoms. The molecule has 0 N–H and O–H groups in total. The van der Waals surface area contributed by atoms with Crippen LogP contribution < -0.4 is 4.74 Å². The van der Waals surface area contributed by atoms with Crippen molar-refractivity contribution in [1.29, 1.82) is 5.26 Å². The molecule has 1 atom stereocenters. The smallest absolute Gasteiger partial charge is 0.213 e. The van der Waals surface area contributed by atoms with Crippen LogP contribution in [0.1, 0.15) is 29.5 Å². The number of nitrogens with zero attached hydrogens (tertiary/aromatic N) is 2. The van der Waals surface area contributed by atoms with Crippen LogP contribution in [0.3, 0.4) is 0 Å². The van der Waals surface area contributed by atoms with E-state index in [1.165, 1.54) is 0 Å². The molecular formula is C17H18N2O2. The van der Waals surface area contributed by atoms with E-state index in [0.717, 1.165) is 11.1 Å². The zero-order chi connectivity index (χ0) is 15.1. The highest BCUT2D eigenvalue weighted by atomic mass is 16.5. The number of pyridine rings is 1. The summed E-state index contributed by atoms with van der Waals surface area (Å²) < 4.78 is 10.4. The molecule has 4 nitrogen and oxygen atoms in total. The average molecular weight is 282 g/mol. The molecule has 2 rings (SSSR count). The molecule has 1 unspecified atom stereocenters. The van der Waals surface area contributed by atoms with E-state index < -0.39 is 0 Å². The Morgan fingerprint density at radius 3 is 2.38 bits per heavy atom. The van der Waals surface area contributed by atoms with Crippen LogP contribution >= 0.6 is 0 Å². The number of ether oxygens (including phenoxy) is 2. The van der Waals surface area contributed by atoms with Gasteiger partial charge in [-0.15, -0.1) is 0 Å². The maximum Gasteiger partial charge on any atom is 0.213 e. The molecular weight excluding hydrogens is 264 g/mol. The fourth-order valence-corrected chi connectivity index (χ4v) is 2.00. The van der Waals surface area contributed by atoms with Crippen LogP contribution in [0.25, 0.3) is 0 Å². The molecule has 0 saturated carbocycles. The summed E-state index contributed by atoms with van der Waals surface area (Å²) in [6.45, 7) is 3.16. The van der Waals surface area contributed by atoms with Crippen molar-refractivity contribution < 1.29 is 9.47 Å². The van der Waals surface area contributed by atoms with E-state index in [2.05, 4.69) is 18.0 Å². The van der Waals surface area contributed by atoms with Gasteiger partial charge in [0.25, 0.3) is 0 Å². The van der Waals surface area contributed by atoms with Crippen LogP contribution in [0.15, 0.2) is 42.6 Å². The van der Waals surface area contributed by atoms with Crippen molar-refractivity contribution in [2.24, 2.45) is 0 Å². The van der Waals surface area contributed by atoms with Crippen LogP contribution in [0.4, 0.5) is 0 Å². The maximum atomic E-state index is 8.82.